The molecule has 3 heterocycles. The smallest absolute Gasteiger partial charge is 0.225 e. The molecule has 26 heavy (non-hydrogen) atoms. The normalized spacial score (nSPS) is 17.7. The number of fused-ring (bicyclic) bond motifs is 1. The SMILES string of the molecule is C1COCCN1.CC.Cc1nc2c(NC3CCCCC3)nc(Cl)nc2s1. The van der Waals surface area contributed by atoms with Crippen molar-refractivity contribution in [1.29, 1.82) is 0 Å². The van der Waals surface area contributed by atoms with Gasteiger partial charge in [0.2, 0.25) is 5.28 Å². The van der Waals surface area contributed by atoms with Crippen molar-refractivity contribution >= 4 is 39.1 Å². The van der Waals surface area contributed by atoms with Crippen molar-refractivity contribution in [3.8, 4) is 0 Å². The molecule has 4 rings (SSSR count). The van der Waals surface area contributed by atoms with Crippen molar-refractivity contribution in [2.75, 3.05) is 31.6 Å². The molecule has 0 amide bonds. The van der Waals surface area contributed by atoms with Crippen LogP contribution in [0.15, 0.2) is 0 Å². The van der Waals surface area contributed by atoms with E-state index in [4.69, 9.17) is 16.3 Å². The van der Waals surface area contributed by atoms with Gasteiger partial charge in [-0.15, -0.1) is 0 Å². The highest BCUT2D eigenvalue weighted by molar-refractivity contribution is 7.18. The standard InChI is InChI=1S/C12H15ClN4S.C4H9NO.C2H6/c1-7-14-9-10(15-8-5-3-2-4-6-8)16-12(13)17-11(9)18-7;1-3-6-4-2-5-1;1-2/h8H,2-6H2,1H3,(H,15,16,17);5H,1-4H2;1-2H3. The summed E-state index contributed by atoms with van der Waals surface area (Å²) in [6.07, 6.45) is 6.32. The van der Waals surface area contributed by atoms with Gasteiger partial charge in [0.25, 0.3) is 0 Å². The molecule has 0 unspecified atom stereocenters. The monoisotopic (exact) mass is 399 g/mol. The first-order chi connectivity index (χ1) is 12.7. The number of aromatic nitrogens is 3. The van der Waals surface area contributed by atoms with Gasteiger partial charge in [-0.05, 0) is 31.4 Å². The van der Waals surface area contributed by atoms with Crippen molar-refractivity contribution in [2.45, 2.75) is 58.9 Å². The van der Waals surface area contributed by atoms with Gasteiger partial charge < -0.3 is 15.4 Å². The number of hydrogen-bond donors (Lipinski definition) is 2. The molecule has 0 aromatic carbocycles. The van der Waals surface area contributed by atoms with Crippen LogP contribution in [0.25, 0.3) is 10.3 Å². The Balaban J connectivity index is 0.000000256. The van der Waals surface area contributed by atoms with E-state index in [2.05, 4.69) is 25.6 Å². The molecule has 0 radical (unpaired) electrons. The second-order valence-electron chi connectivity index (χ2n) is 6.07. The van der Waals surface area contributed by atoms with Gasteiger partial charge in [0, 0.05) is 19.1 Å². The second kappa shape index (κ2) is 11.6. The van der Waals surface area contributed by atoms with Crippen LogP contribution in [0.1, 0.15) is 51.0 Å². The molecule has 1 aliphatic carbocycles. The Hall–Kier alpha value is -1.02. The van der Waals surface area contributed by atoms with Crippen LogP contribution in [0.4, 0.5) is 5.82 Å². The van der Waals surface area contributed by atoms with Crippen LogP contribution in [-0.4, -0.2) is 47.3 Å². The predicted molar refractivity (Wildman–Crippen MR) is 110 cm³/mol. The number of anilines is 1. The largest absolute Gasteiger partial charge is 0.379 e. The molecular weight excluding hydrogens is 370 g/mol. The summed E-state index contributed by atoms with van der Waals surface area (Å²) in [6, 6.07) is 0.495. The van der Waals surface area contributed by atoms with Crippen LogP contribution in [0.2, 0.25) is 5.28 Å². The van der Waals surface area contributed by atoms with Crippen molar-refractivity contribution in [2.24, 2.45) is 0 Å². The van der Waals surface area contributed by atoms with Crippen molar-refractivity contribution in [3.05, 3.63) is 10.3 Å². The highest BCUT2D eigenvalue weighted by atomic mass is 35.5. The molecule has 0 atom stereocenters. The summed E-state index contributed by atoms with van der Waals surface area (Å²) in [5, 5.41) is 7.94. The molecule has 0 spiro atoms. The third-order valence-electron chi connectivity index (χ3n) is 4.13. The number of ether oxygens (including phenoxy) is 1. The van der Waals surface area contributed by atoms with E-state index in [0.717, 1.165) is 47.5 Å². The van der Waals surface area contributed by atoms with Gasteiger partial charge in [0.15, 0.2) is 10.6 Å². The first kappa shape index (κ1) is 21.3. The fraction of sp³-hybridized carbons (Fsp3) is 0.722. The maximum atomic E-state index is 5.97. The van der Waals surface area contributed by atoms with Crippen LogP contribution in [-0.2, 0) is 4.74 Å². The average Bonchev–Trinajstić information content (AvgIpc) is 3.06. The summed E-state index contributed by atoms with van der Waals surface area (Å²) >= 11 is 7.52. The number of halogens is 1. The molecule has 8 heteroatoms. The molecule has 0 bridgehead atoms. The maximum Gasteiger partial charge on any atom is 0.225 e. The van der Waals surface area contributed by atoms with E-state index in [1.54, 1.807) is 11.3 Å². The number of rotatable bonds is 2. The lowest BCUT2D eigenvalue weighted by Gasteiger charge is -2.23. The molecule has 2 aliphatic rings. The van der Waals surface area contributed by atoms with Crippen molar-refractivity contribution < 1.29 is 4.74 Å². The molecule has 6 nitrogen and oxygen atoms in total. The third kappa shape index (κ3) is 6.61. The van der Waals surface area contributed by atoms with Crippen LogP contribution < -0.4 is 10.6 Å². The Morgan fingerprint density at radius 2 is 1.77 bits per heavy atom. The maximum absolute atomic E-state index is 5.97. The Labute approximate surface area is 165 Å². The zero-order valence-electron chi connectivity index (χ0n) is 16.0. The first-order valence-corrected chi connectivity index (χ1v) is 10.8. The van der Waals surface area contributed by atoms with E-state index in [1.165, 1.54) is 32.1 Å². The summed E-state index contributed by atoms with van der Waals surface area (Å²) < 4.78 is 5.01. The van der Waals surface area contributed by atoms with E-state index in [9.17, 15) is 0 Å². The van der Waals surface area contributed by atoms with Crippen molar-refractivity contribution in [1.82, 2.24) is 20.3 Å². The van der Waals surface area contributed by atoms with Crippen LogP contribution >= 0.6 is 22.9 Å². The highest BCUT2D eigenvalue weighted by Crippen LogP contribution is 2.28. The summed E-state index contributed by atoms with van der Waals surface area (Å²) in [5.74, 6) is 0.793. The zero-order chi connectivity index (χ0) is 18.8. The minimum absolute atomic E-state index is 0.296. The number of nitrogens with one attached hydrogen (secondary N) is 2. The quantitative estimate of drug-likeness (QED) is 0.728. The van der Waals surface area contributed by atoms with Crippen LogP contribution in [0, 0.1) is 6.92 Å². The minimum Gasteiger partial charge on any atom is -0.379 e. The second-order valence-corrected chi connectivity index (χ2v) is 7.59. The van der Waals surface area contributed by atoms with Gasteiger partial charge >= 0.3 is 0 Å². The number of nitrogens with zero attached hydrogens (tertiary/aromatic N) is 3. The summed E-state index contributed by atoms with van der Waals surface area (Å²) in [5.41, 5.74) is 0.854. The summed E-state index contributed by atoms with van der Waals surface area (Å²) in [4.78, 5) is 13.9. The van der Waals surface area contributed by atoms with E-state index in [0.29, 0.717) is 11.3 Å². The molecular formula is C18H30ClN5OS. The Morgan fingerprint density at radius 1 is 1.08 bits per heavy atom. The average molecular weight is 400 g/mol. The van der Waals surface area contributed by atoms with Gasteiger partial charge in [-0.2, -0.15) is 4.98 Å². The lowest BCUT2D eigenvalue weighted by molar-refractivity contribution is 0.109. The summed E-state index contributed by atoms with van der Waals surface area (Å²) in [6.45, 7) is 9.81. The Kier molecular flexibility index (Phi) is 9.53. The van der Waals surface area contributed by atoms with Crippen LogP contribution in [0.5, 0.6) is 0 Å². The van der Waals surface area contributed by atoms with E-state index in [-0.39, 0.29) is 0 Å². The fourth-order valence-electron chi connectivity index (χ4n) is 2.96. The van der Waals surface area contributed by atoms with Crippen LogP contribution in [0.3, 0.4) is 0 Å². The van der Waals surface area contributed by atoms with Gasteiger partial charge in [0.05, 0.1) is 18.2 Å². The molecule has 2 aromatic heterocycles. The van der Waals surface area contributed by atoms with Gasteiger partial charge in [-0.3, -0.25) is 0 Å². The first-order valence-electron chi connectivity index (χ1n) is 9.58. The van der Waals surface area contributed by atoms with Crippen molar-refractivity contribution in [3.63, 3.8) is 0 Å². The highest BCUT2D eigenvalue weighted by Gasteiger charge is 2.17. The molecule has 2 aromatic rings. The number of hydrogen-bond acceptors (Lipinski definition) is 7. The molecule has 146 valence electrons. The predicted octanol–water partition coefficient (Wildman–Crippen LogP) is 4.43. The molecule has 2 N–H and O–H groups in total. The zero-order valence-corrected chi connectivity index (χ0v) is 17.5. The molecule has 2 fully saturated rings. The van der Waals surface area contributed by atoms with Gasteiger partial charge in [-0.1, -0.05) is 44.4 Å². The van der Waals surface area contributed by atoms with E-state index < -0.39 is 0 Å². The lowest BCUT2D eigenvalue weighted by atomic mass is 9.95. The number of thiazole rings is 1. The third-order valence-corrected chi connectivity index (χ3v) is 5.16. The Bertz CT molecular complexity index is 645. The topological polar surface area (TPSA) is 72.0 Å². The minimum atomic E-state index is 0.296. The molecule has 1 saturated heterocycles. The lowest BCUT2D eigenvalue weighted by Crippen LogP contribution is -2.30. The summed E-state index contributed by atoms with van der Waals surface area (Å²) in [7, 11) is 0. The molecule has 1 saturated carbocycles. The number of morpholine rings is 1. The Morgan fingerprint density at radius 3 is 2.35 bits per heavy atom. The van der Waals surface area contributed by atoms with Gasteiger partial charge in [0.1, 0.15) is 5.52 Å². The number of aryl methyl sites for hydroxylation is 1. The van der Waals surface area contributed by atoms with E-state index in [1.807, 2.05) is 20.8 Å². The van der Waals surface area contributed by atoms with E-state index >= 15 is 0 Å². The van der Waals surface area contributed by atoms with Gasteiger partial charge in [-0.25, -0.2) is 9.97 Å². The molecule has 1 aliphatic heterocycles. The fourth-order valence-corrected chi connectivity index (χ4v) is 3.96.